The number of carboxylic acid groups (broad SMARTS) is 1. The highest BCUT2D eigenvalue weighted by Gasteiger charge is 2.38. The van der Waals surface area contributed by atoms with Crippen LogP contribution in [-0.2, 0) is 19.1 Å². The number of nitrogens with zero attached hydrogens (tertiary/aromatic N) is 1. The summed E-state index contributed by atoms with van der Waals surface area (Å²) in [5, 5.41) is 24.0. The van der Waals surface area contributed by atoms with Crippen LogP contribution in [0.25, 0.3) is 0 Å². The number of rotatable bonds is 8. The first-order valence-corrected chi connectivity index (χ1v) is 9.44. The van der Waals surface area contributed by atoms with Gasteiger partial charge in [0.2, 0.25) is 0 Å². The monoisotopic (exact) mass is 418 g/mol. The molecule has 2 atom stereocenters. The Balaban J connectivity index is 2.59. The highest BCUT2D eigenvalue weighted by molar-refractivity contribution is 5.99. The van der Waals surface area contributed by atoms with E-state index in [2.05, 4.69) is 5.32 Å². The van der Waals surface area contributed by atoms with E-state index in [0.717, 1.165) is 0 Å². The number of carbonyl (C=O) groups is 2. The lowest BCUT2D eigenvalue weighted by molar-refractivity contribution is -0.384. The molecule has 0 saturated carbocycles. The van der Waals surface area contributed by atoms with Crippen LogP contribution in [0, 0.1) is 16.0 Å². The average molecular weight is 418 g/mol. The molecule has 1 heterocycles. The third-order valence-corrected chi connectivity index (χ3v) is 4.96. The number of esters is 1. The third kappa shape index (κ3) is 4.85. The second-order valence-corrected chi connectivity index (χ2v) is 7.44. The molecule has 0 amide bonds. The van der Waals surface area contributed by atoms with Gasteiger partial charge in [0.05, 0.1) is 28.6 Å². The van der Waals surface area contributed by atoms with Crippen LogP contribution < -0.4 is 5.32 Å². The van der Waals surface area contributed by atoms with E-state index in [9.17, 15) is 24.8 Å². The van der Waals surface area contributed by atoms with Crippen molar-refractivity contribution in [3.63, 3.8) is 0 Å². The fourth-order valence-electron chi connectivity index (χ4n) is 3.43. The molecule has 0 aromatic heterocycles. The lowest BCUT2D eigenvalue weighted by atomic mass is 9.80. The first-order valence-electron chi connectivity index (χ1n) is 9.44. The number of nitro groups is 1. The van der Waals surface area contributed by atoms with Gasteiger partial charge in [-0.1, -0.05) is 26.0 Å². The van der Waals surface area contributed by atoms with Gasteiger partial charge in [0, 0.05) is 30.6 Å². The zero-order valence-corrected chi connectivity index (χ0v) is 17.6. The van der Waals surface area contributed by atoms with Crippen LogP contribution in [0.1, 0.15) is 39.2 Å². The quantitative estimate of drug-likeness (QED) is 0.374. The van der Waals surface area contributed by atoms with Gasteiger partial charge in [0.15, 0.2) is 0 Å². The molecule has 9 nitrogen and oxygen atoms in total. The normalized spacial score (nSPS) is 17.6. The van der Waals surface area contributed by atoms with Crippen LogP contribution in [0.2, 0.25) is 0 Å². The molecule has 1 aliphatic heterocycles. The summed E-state index contributed by atoms with van der Waals surface area (Å²) in [6.07, 6.45) is -0.533. The number of hydrogen-bond acceptors (Lipinski definition) is 7. The molecule has 30 heavy (non-hydrogen) atoms. The Labute approximate surface area is 174 Å². The molecule has 1 aromatic rings. The number of hydrogen-bond donors (Lipinski definition) is 2. The summed E-state index contributed by atoms with van der Waals surface area (Å²) >= 11 is 0. The summed E-state index contributed by atoms with van der Waals surface area (Å²) in [6, 6.07) is 5.62. The van der Waals surface area contributed by atoms with Gasteiger partial charge in [0.25, 0.3) is 5.69 Å². The number of carbonyl (C=O) groups excluding carboxylic acids is 1. The second-order valence-electron chi connectivity index (χ2n) is 7.44. The van der Waals surface area contributed by atoms with Crippen molar-refractivity contribution in [1.82, 2.24) is 5.32 Å². The lowest BCUT2D eigenvalue weighted by Gasteiger charge is -2.31. The molecule has 2 unspecified atom stereocenters. The molecule has 1 aromatic carbocycles. The highest BCUT2D eigenvalue weighted by atomic mass is 16.6. The molecule has 0 bridgehead atoms. The third-order valence-electron chi connectivity index (χ3n) is 4.96. The van der Waals surface area contributed by atoms with Crippen LogP contribution in [-0.4, -0.2) is 41.8 Å². The summed E-state index contributed by atoms with van der Waals surface area (Å²) in [4.78, 5) is 35.9. The van der Waals surface area contributed by atoms with E-state index in [1.165, 1.54) is 25.3 Å². The van der Waals surface area contributed by atoms with Gasteiger partial charge in [-0.05, 0) is 25.3 Å². The zero-order chi connectivity index (χ0) is 22.6. The molecule has 162 valence electrons. The number of benzene rings is 1. The van der Waals surface area contributed by atoms with E-state index in [4.69, 9.17) is 9.47 Å². The Morgan fingerprint density at radius 3 is 2.40 bits per heavy atom. The predicted molar refractivity (Wildman–Crippen MR) is 109 cm³/mol. The fraction of sp³-hybridized carbons (Fsp3) is 0.429. The molecule has 2 N–H and O–H groups in total. The zero-order valence-electron chi connectivity index (χ0n) is 17.6. The van der Waals surface area contributed by atoms with Gasteiger partial charge < -0.3 is 19.9 Å². The van der Waals surface area contributed by atoms with E-state index in [1.54, 1.807) is 19.9 Å². The molecule has 1 aliphatic rings. The second kappa shape index (κ2) is 9.53. The van der Waals surface area contributed by atoms with Crippen molar-refractivity contribution in [3.05, 3.63) is 62.5 Å². The highest BCUT2D eigenvalue weighted by Crippen LogP contribution is 2.40. The number of allylic oxidation sites excluding steroid dienone is 2. The fourth-order valence-corrected chi connectivity index (χ4v) is 3.43. The van der Waals surface area contributed by atoms with Crippen molar-refractivity contribution < 1.29 is 29.1 Å². The van der Waals surface area contributed by atoms with Crippen LogP contribution in [0.4, 0.5) is 5.69 Å². The number of nitro benzene ring substituents is 1. The number of carboxylic acids is 1. The maximum atomic E-state index is 13.2. The molecule has 0 aliphatic carbocycles. The Kier molecular flexibility index (Phi) is 7.33. The van der Waals surface area contributed by atoms with Crippen molar-refractivity contribution in [2.75, 3.05) is 13.7 Å². The largest absolute Gasteiger partial charge is 0.478 e. The minimum absolute atomic E-state index is 0.0289. The lowest BCUT2D eigenvalue weighted by Crippen LogP contribution is -2.35. The number of ether oxygens (including phenoxy) is 2. The summed E-state index contributed by atoms with van der Waals surface area (Å²) in [5.41, 5.74) is 0.935. The minimum Gasteiger partial charge on any atom is -0.478 e. The Morgan fingerprint density at radius 2 is 1.87 bits per heavy atom. The van der Waals surface area contributed by atoms with Crippen molar-refractivity contribution in [1.29, 1.82) is 0 Å². The van der Waals surface area contributed by atoms with Crippen LogP contribution >= 0.6 is 0 Å². The van der Waals surface area contributed by atoms with Gasteiger partial charge in [-0.3, -0.25) is 10.1 Å². The number of methoxy groups -OCH3 is 1. The molecular weight excluding hydrogens is 392 g/mol. The molecule has 0 saturated heterocycles. The van der Waals surface area contributed by atoms with Crippen molar-refractivity contribution in [2.45, 2.75) is 39.7 Å². The Morgan fingerprint density at radius 1 is 1.23 bits per heavy atom. The average Bonchev–Trinajstić information content (AvgIpc) is 2.66. The Hall–Kier alpha value is -3.20. The van der Waals surface area contributed by atoms with E-state index >= 15 is 0 Å². The summed E-state index contributed by atoms with van der Waals surface area (Å²) in [6.45, 7) is 7.17. The summed E-state index contributed by atoms with van der Waals surface area (Å²) in [7, 11) is 1.50. The van der Waals surface area contributed by atoms with Crippen molar-refractivity contribution in [2.24, 2.45) is 5.92 Å². The van der Waals surface area contributed by atoms with Crippen molar-refractivity contribution in [3.8, 4) is 0 Å². The van der Waals surface area contributed by atoms with Crippen LogP contribution in [0.15, 0.2) is 46.8 Å². The van der Waals surface area contributed by atoms with E-state index in [-0.39, 0.29) is 29.4 Å². The maximum absolute atomic E-state index is 13.2. The van der Waals surface area contributed by atoms with E-state index in [1.807, 2.05) is 13.8 Å². The van der Waals surface area contributed by atoms with Gasteiger partial charge in [-0.2, -0.15) is 0 Å². The van der Waals surface area contributed by atoms with Crippen LogP contribution in [0.3, 0.4) is 0 Å². The number of dihydropyridines is 1. The molecule has 2 rings (SSSR count). The maximum Gasteiger partial charge on any atom is 0.337 e. The Bertz CT molecular complexity index is 918. The number of nitrogens with one attached hydrogen (secondary N) is 1. The SMILES string of the molecule is COCC(OC(=O)C1=C(C)NC(C)=C(C(=O)O)C1c1cccc([N+](=O)[O-])c1)C(C)C. The molecular formula is C21H26N2O7. The minimum atomic E-state index is -1.23. The standard InChI is InChI=1S/C21H26N2O7/c1-11(2)16(10-29-5)30-21(26)18-13(4)22-12(3)17(20(24)25)19(18)14-7-6-8-15(9-14)23(27)28/h6-9,11,16,19,22H,10H2,1-5H3,(H,24,25). The van der Waals surface area contributed by atoms with Gasteiger partial charge in [-0.15, -0.1) is 0 Å². The van der Waals surface area contributed by atoms with Gasteiger partial charge in [0.1, 0.15) is 6.10 Å². The van der Waals surface area contributed by atoms with Gasteiger partial charge in [-0.25, -0.2) is 9.59 Å². The number of non-ortho nitro benzene ring substituents is 1. The predicted octanol–water partition coefficient (Wildman–Crippen LogP) is 3.13. The first-order chi connectivity index (χ1) is 14.1. The molecule has 0 spiro atoms. The van der Waals surface area contributed by atoms with Crippen LogP contribution in [0.5, 0.6) is 0 Å². The topological polar surface area (TPSA) is 128 Å². The summed E-state index contributed by atoms with van der Waals surface area (Å²) in [5.74, 6) is -2.98. The summed E-state index contributed by atoms with van der Waals surface area (Å²) < 4.78 is 10.8. The smallest absolute Gasteiger partial charge is 0.337 e. The first kappa shape index (κ1) is 23.1. The number of aliphatic carboxylic acids is 1. The van der Waals surface area contributed by atoms with Gasteiger partial charge >= 0.3 is 11.9 Å². The van der Waals surface area contributed by atoms with E-state index in [0.29, 0.717) is 17.0 Å². The van der Waals surface area contributed by atoms with E-state index < -0.39 is 28.9 Å². The molecule has 0 fully saturated rings. The molecule has 0 radical (unpaired) electrons. The molecule has 9 heteroatoms. The van der Waals surface area contributed by atoms with Crippen molar-refractivity contribution >= 4 is 17.6 Å².